The fourth-order valence-corrected chi connectivity index (χ4v) is 1.93. The Bertz CT molecular complexity index is 356. The van der Waals surface area contributed by atoms with Crippen LogP contribution in [0.25, 0.3) is 0 Å². The Hall–Kier alpha value is -1.13. The molecule has 1 aromatic carbocycles. The van der Waals surface area contributed by atoms with Gasteiger partial charge >= 0.3 is 0 Å². The van der Waals surface area contributed by atoms with Crippen molar-refractivity contribution in [2.75, 3.05) is 20.2 Å². The highest BCUT2D eigenvalue weighted by atomic mass is 32.1. The standard InChI is InChI=1S/C14H22N2OS/c1-12(11-14(15)18)16(2)9-6-10-17-13-7-4-3-5-8-13/h3-5,7-8,12H,6,9-11H2,1-2H3,(H2,15,18). The van der Waals surface area contributed by atoms with Crippen molar-refractivity contribution in [3.05, 3.63) is 30.3 Å². The molecule has 1 atom stereocenters. The lowest BCUT2D eigenvalue weighted by atomic mass is 10.2. The molecule has 0 saturated heterocycles. The molecular formula is C14H22N2OS. The maximum absolute atomic E-state index is 5.64. The summed E-state index contributed by atoms with van der Waals surface area (Å²) in [4.78, 5) is 2.84. The van der Waals surface area contributed by atoms with Gasteiger partial charge in [-0.2, -0.15) is 0 Å². The Labute approximate surface area is 115 Å². The van der Waals surface area contributed by atoms with E-state index in [1.54, 1.807) is 0 Å². The first-order valence-corrected chi connectivity index (χ1v) is 6.67. The van der Waals surface area contributed by atoms with Crippen LogP contribution in [0.5, 0.6) is 5.75 Å². The minimum absolute atomic E-state index is 0.388. The highest BCUT2D eigenvalue weighted by Crippen LogP contribution is 2.09. The van der Waals surface area contributed by atoms with Crippen LogP contribution < -0.4 is 10.5 Å². The van der Waals surface area contributed by atoms with Gasteiger partial charge in [0.25, 0.3) is 0 Å². The molecule has 0 heterocycles. The number of nitrogens with two attached hydrogens (primary N) is 1. The average molecular weight is 266 g/mol. The van der Waals surface area contributed by atoms with Gasteiger partial charge in [-0.1, -0.05) is 30.4 Å². The topological polar surface area (TPSA) is 38.5 Å². The van der Waals surface area contributed by atoms with E-state index in [2.05, 4.69) is 18.9 Å². The molecule has 18 heavy (non-hydrogen) atoms. The van der Waals surface area contributed by atoms with E-state index in [0.29, 0.717) is 11.0 Å². The largest absolute Gasteiger partial charge is 0.494 e. The Morgan fingerprint density at radius 3 is 2.67 bits per heavy atom. The van der Waals surface area contributed by atoms with Crippen LogP contribution >= 0.6 is 12.2 Å². The molecule has 1 unspecified atom stereocenters. The van der Waals surface area contributed by atoms with Gasteiger partial charge in [-0.25, -0.2) is 0 Å². The molecular weight excluding hydrogens is 244 g/mol. The zero-order valence-electron chi connectivity index (χ0n) is 11.1. The van der Waals surface area contributed by atoms with E-state index < -0.39 is 0 Å². The van der Waals surface area contributed by atoms with Gasteiger partial charge in [0.05, 0.1) is 11.6 Å². The minimum Gasteiger partial charge on any atom is -0.494 e. The van der Waals surface area contributed by atoms with E-state index in [4.69, 9.17) is 22.7 Å². The maximum Gasteiger partial charge on any atom is 0.119 e. The Balaban J connectivity index is 2.16. The molecule has 0 aliphatic rings. The number of benzene rings is 1. The predicted octanol–water partition coefficient (Wildman–Crippen LogP) is 2.45. The van der Waals surface area contributed by atoms with E-state index in [1.807, 2.05) is 30.3 Å². The second-order valence-corrected chi connectivity index (χ2v) is 5.04. The molecule has 1 aromatic rings. The number of para-hydroxylation sites is 1. The van der Waals surface area contributed by atoms with E-state index >= 15 is 0 Å². The first kappa shape index (κ1) is 14.9. The van der Waals surface area contributed by atoms with Crippen molar-refractivity contribution in [2.45, 2.75) is 25.8 Å². The third-order valence-corrected chi connectivity index (χ3v) is 3.08. The predicted molar refractivity (Wildman–Crippen MR) is 80.0 cm³/mol. The van der Waals surface area contributed by atoms with Gasteiger partial charge in [0.15, 0.2) is 0 Å². The van der Waals surface area contributed by atoms with E-state index in [0.717, 1.165) is 31.7 Å². The summed E-state index contributed by atoms with van der Waals surface area (Å²) >= 11 is 4.92. The maximum atomic E-state index is 5.64. The molecule has 1 rings (SSSR count). The van der Waals surface area contributed by atoms with E-state index in [-0.39, 0.29) is 0 Å². The fraction of sp³-hybridized carbons (Fsp3) is 0.500. The van der Waals surface area contributed by atoms with E-state index in [1.165, 1.54) is 0 Å². The molecule has 100 valence electrons. The summed E-state index contributed by atoms with van der Waals surface area (Å²) in [7, 11) is 2.09. The third kappa shape index (κ3) is 5.98. The van der Waals surface area contributed by atoms with Crippen LogP contribution in [0.2, 0.25) is 0 Å². The molecule has 0 fully saturated rings. The summed E-state index contributed by atoms with van der Waals surface area (Å²) in [6, 6.07) is 10.3. The van der Waals surface area contributed by atoms with Crippen molar-refractivity contribution in [1.82, 2.24) is 4.90 Å². The number of thiocarbonyl (C=S) groups is 1. The molecule has 0 bridgehead atoms. The van der Waals surface area contributed by atoms with Gasteiger partial charge in [0.1, 0.15) is 5.75 Å². The summed E-state index contributed by atoms with van der Waals surface area (Å²) in [6.45, 7) is 3.85. The zero-order chi connectivity index (χ0) is 13.4. The van der Waals surface area contributed by atoms with Crippen molar-refractivity contribution in [3.8, 4) is 5.75 Å². The van der Waals surface area contributed by atoms with Crippen molar-refractivity contribution >= 4 is 17.2 Å². The molecule has 0 amide bonds. The quantitative estimate of drug-likeness (QED) is 0.579. The second kappa shape index (κ2) is 8.06. The molecule has 0 aliphatic heterocycles. The number of nitrogens with zero attached hydrogens (tertiary/aromatic N) is 1. The van der Waals surface area contributed by atoms with Crippen LogP contribution in [0.15, 0.2) is 30.3 Å². The van der Waals surface area contributed by atoms with Crippen LogP contribution in [0, 0.1) is 0 Å². The van der Waals surface area contributed by atoms with Crippen molar-refractivity contribution < 1.29 is 4.74 Å². The van der Waals surface area contributed by atoms with Crippen LogP contribution in [0.4, 0.5) is 0 Å². The number of ether oxygens (including phenoxy) is 1. The average Bonchev–Trinajstić information content (AvgIpc) is 2.34. The first-order valence-electron chi connectivity index (χ1n) is 6.26. The van der Waals surface area contributed by atoms with Gasteiger partial charge < -0.3 is 15.4 Å². The van der Waals surface area contributed by atoms with Crippen LogP contribution in [-0.4, -0.2) is 36.1 Å². The van der Waals surface area contributed by atoms with Gasteiger partial charge in [0, 0.05) is 19.0 Å². The lowest BCUT2D eigenvalue weighted by Crippen LogP contribution is -2.33. The number of hydrogen-bond donors (Lipinski definition) is 1. The van der Waals surface area contributed by atoms with Crippen molar-refractivity contribution in [1.29, 1.82) is 0 Å². The van der Waals surface area contributed by atoms with Crippen LogP contribution in [-0.2, 0) is 0 Å². The van der Waals surface area contributed by atoms with Gasteiger partial charge in [-0.3, -0.25) is 0 Å². The second-order valence-electron chi connectivity index (χ2n) is 4.52. The smallest absolute Gasteiger partial charge is 0.119 e. The van der Waals surface area contributed by atoms with Gasteiger partial charge in [-0.05, 0) is 32.5 Å². The Morgan fingerprint density at radius 2 is 2.06 bits per heavy atom. The number of hydrogen-bond acceptors (Lipinski definition) is 3. The highest BCUT2D eigenvalue weighted by Gasteiger charge is 2.09. The van der Waals surface area contributed by atoms with Crippen LogP contribution in [0.3, 0.4) is 0 Å². The molecule has 2 N–H and O–H groups in total. The fourth-order valence-electron chi connectivity index (χ4n) is 1.69. The molecule has 0 radical (unpaired) electrons. The normalized spacial score (nSPS) is 12.4. The molecule has 0 aliphatic carbocycles. The van der Waals surface area contributed by atoms with Gasteiger partial charge in [-0.15, -0.1) is 0 Å². The molecule has 0 saturated carbocycles. The monoisotopic (exact) mass is 266 g/mol. The minimum atomic E-state index is 0.388. The van der Waals surface area contributed by atoms with Crippen molar-refractivity contribution in [2.24, 2.45) is 5.73 Å². The molecule has 0 spiro atoms. The Kier molecular flexibility index (Phi) is 6.68. The highest BCUT2D eigenvalue weighted by molar-refractivity contribution is 7.80. The molecule has 3 nitrogen and oxygen atoms in total. The lowest BCUT2D eigenvalue weighted by Gasteiger charge is -2.24. The zero-order valence-corrected chi connectivity index (χ0v) is 12.0. The molecule has 0 aromatic heterocycles. The number of rotatable bonds is 8. The van der Waals surface area contributed by atoms with Gasteiger partial charge in [0.2, 0.25) is 0 Å². The summed E-state index contributed by atoms with van der Waals surface area (Å²) in [5, 5.41) is 0. The van der Waals surface area contributed by atoms with Crippen LogP contribution in [0.1, 0.15) is 19.8 Å². The Morgan fingerprint density at radius 1 is 1.39 bits per heavy atom. The first-order chi connectivity index (χ1) is 8.59. The lowest BCUT2D eigenvalue weighted by molar-refractivity contribution is 0.227. The third-order valence-electron chi connectivity index (χ3n) is 2.92. The summed E-state index contributed by atoms with van der Waals surface area (Å²) < 4.78 is 5.64. The van der Waals surface area contributed by atoms with Crippen molar-refractivity contribution in [3.63, 3.8) is 0 Å². The summed E-state index contributed by atoms with van der Waals surface area (Å²) in [6.07, 6.45) is 1.76. The molecule has 4 heteroatoms. The summed E-state index contributed by atoms with van der Waals surface area (Å²) in [5.41, 5.74) is 5.54. The summed E-state index contributed by atoms with van der Waals surface area (Å²) in [5.74, 6) is 0.927. The SMILES string of the molecule is CC(CC(N)=S)N(C)CCCOc1ccccc1. The van der Waals surface area contributed by atoms with E-state index in [9.17, 15) is 0 Å².